The fourth-order valence-corrected chi connectivity index (χ4v) is 0.330. The van der Waals surface area contributed by atoms with Crippen LogP contribution in [0.5, 0.6) is 0 Å². The van der Waals surface area contributed by atoms with E-state index in [0.29, 0.717) is 6.61 Å². The summed E-state index contributed by atoms with van der Waals surface area (Å²) in [6.45, 7) is 6.08. The molecule has 0 fully saturated rings. The molecule has 0 bridgehead atoms. The van der Waals surface area contributed by atoms with Gasteiger partial charge in [0, 0.05) is 6.21 Å². The Labute approximate surface area is 56.2 Å². The molecule has 0 N–H and O–H groups in total. The first-order valence-electron chi connectivity index (χ1n) is 3.16. The molecule has 0 aromatic rings. The van der Waals surface area contributed by atoms with E-state index in [1.165, 1.54) is 0 Å². The molecular formula is C7H13NO. The van der Waals surface area contributed by atoms with Gasteiger partial charge >= 0.3 is 0 Å². The molecule has 0 unspecified atom stereocenters. The van der Waals surface area contributed by atoms with Crippen molar-refractivity contribution in [2.24, 2.45) is 5.16 Å². The molecule has 0 rings (SSSR count). The smallest absolute Gasteiger partial charge is 0.135 e. The standard InChI is InChI=1S/C7H13NO/c1-3-5-6-8-9-7-4-2/h4,6H,2-3,5,7H2,1H3. The minimum atomic E-state index is 0.500. The second-order valence-electron chi connectivity index (χ2n) is 1.66. The average Bonchev–Trinajstić information content (AvgIpc) is 1.89. The van der Waals surface area contributed by atoms with Crippen molar-refractivity contribution in [2.75, 3.05) is 6.61 Å². The molecule has 0 saturated carbocycles. The number of hydrogen-bond donors (Lipinski definition) is 0. The van der Waals surface area contributed by atoms with Crippen LogP contribution in [0.2, 0.25) is 0 Å². The predicted molar refractivity (Wildman–Crippen MR) is 39.5 cm³/mol. The Bertz CT molecular complexity index is 88.9. The van der Waals surface area contributed by atoms with Gasteiger partial charge in [0.1, 0.15) is 6.61 Å². The van der Waals surface area contributed by atoms with Crippen LogP contribution in [-0.2, 0) is 4.84 Å². The molecule has 9 heavy (non-hydrogen) atoms. The van der Waals surface area contributed by atoms with E-state index < -0.39 is 0 Å². The lowest BCUT2D eigenvalue weighted by molar-refractivity contribution is 0.176. The van der Waals surface area contributed by atoms with Crippen LogP contribution >= 0.6 is 0 Å². The summed E-state index contributed by atoms with van der Waals surface area (Å²) >= 11 is 0. The lowest BCUT2D eigenvalue weighted by Crippen LogP contribution is -1.81. The van der Waals surface area contributed by atoms with Crippen molar-refractivity contribution in [1.82, 2.24) is 0 Å². The highest BCUT2D eigenvalue weighted by Gasteiger charge is 1.73. The molecule has 0 aliphatic carbocycles. The van der Waals surface area contributed by atoms with Crippen molar-refractivity contribution in [3.63, 3.8) is 0 Å². The lowest BCUT2D eigenvalue weighted by atomic mass is 10.4. The van der Waals surface area contributed by atoms with Gasteiger partial charge in [0.05, 0.1) is 0 Å². The SMILES string of the molecule is C=CCON=CCCC. The zero-order valence-corrected chi connectivity index (χ0v) is 5.84. The summed E-state index contributed by atoms with van der Waals surface area (Å²) < 4.78 is 0. The van der Waals surface area contributed by atoms with Gasteiger partial charge in [-0.1, -0.05) is 31.2 Å². The zero-order valence-electron chi connectivity index (χ0n) is 5.84. The largest absolute Gasteiger partial charge is 0.392 e. The van der Waals surface area contributed by atoms with Crippen molar-refractivity contribution in [3.05, 3.63) is 12.7 Å². The molecule has 0 spiro atoms. The Hall–Kier alpha value is -0.790. The van der Waals surface area contributed by atoms with Gasteiger partial charge in [-0.2, -0.15) is 0 Å². The Morgan fingerprint density at radius 3 is 3.00 bits per heavy atom. The second-order valence-corrected chi connectivity index (χ2v) is 1.66. The minimum absolute atomic E-state index is 0.500. The topological polar surface area (TPSA) is 21.6 Å². The molecule has 0 aromatic carbocycles. The van der Waals surface area contributed by atoms with Crippen LogP contribution in [-0.4, -0.2) is 12.8 Å². The summed E-state index contributed by atoms with van der Waals surface area (Å²) in [6.07, 6.45) is 5.53. The third-order valence-electron chi connectivity index (χ3n) is 0.759. The summed E-state index contributed by atoms with van der Waals surface area (Å²) in [7, 11) is 0. The summed E-state index contributed by atoms with van der Waals surface area (Å²) in [4.78, 5) is 4.74. The van der Waals surface area contributed by atoms with E-state index in [0.717, 1.165) is 12.8 Å². The van der Waals surface area contributed by atoms with Crippen molar-refractivity contribution >= 4 is 6.21 Å². The third kappa shape index (κ3) is 7.21. The van der Waals surface area contributed by atoms with E-state index in [2.05, 4.69) is 18.7 Å². The van der Waals surface area contributed by atoms with E-state index in [1.54, 1.807) is 12.3 Å². The first-order chi connectivity index (χ1) is 4.41. The van der Waals surface area contributed by atoms with Gasteiger partial charge in [-0.25, -0.2) is 0 Å². The molecule has 52 valence electrons. The van der Waals surface area contributed by atoms with Crippen LogP contribution in [0, 0.1) is 0 Å². The fraction of sp³-hybridized carbons (Fsp3) is 0.571. The summed E-state index contributed by atoms with van der Waals surface area (Å²) in [5, 5.41) is 3.65. The maximum Gasteiger partial charge on any atom is 0.135 e. The average molecular weight is 127 g/mol. The molecule has 0 aromatic heterocycles. The highest BCUT2D eigenvalue weighted by Crippen LogP contribution is 1.81. The summed E-state index contributed by atoms with van der Waals surface area (Å²) in [5.41, 5.74) is 0. The van der Waals surface area contributed by atoms with Gasteiger partial charge in [0.25, 0.3) is 0 Å². The van der Waals surface area contributed by atoms with Crippen LogP contribution in [0.25, 0.3) is 0 Å². The molecule has 2 nitrogen and oxygen atoms in total. The molecule has 0 aliphatic heterocycles. The van der Waals surface area contributed by atoms with E-state index >= 15 is 0 Å². The number of oxime groups is 1. The van der Waals surface area contributed by atoms with E-state index in [-0.39, 0.29) is 0 Å². The zero-order chi connectivity index (χ0) is 6.95. The third-order valence-corrected chi connectivity index (χ3v) is 0.759. The van der Waals surface area contributed by atoms with Crippen LogP contribution in [0.4, 0.5) is 0 Å². The van der Waals surface area contributed by atoms with Gasteiger partial charge in [-0.05, 0) is 6.42 Å². The summed E-state index contributed by atoms with van der Waals surface area (Å²) in [6, 6.07) is 0. The summed E-state index contributed by atoms with van der Waals surface area (Å²) in [5.74, 6) is 0. The van der Waals surface area contributed by atoms with E-state index in [4.69, 9.17) is 4.84 Å². The van der Waals surface area contributed by atoms with Gasteiger partial charge < -0.3 is 4.84 Å². The molecular weight excluding hydrogens is 114 g/mol. The highest BCUT2D eigenvalue weighted by molar-refractivity contribution is 5.55. The Morgan fingerprint density at radius 2 is 2.44 bits per heavy atom. The quantitative estimate of drug-likeness (QED) is 0.239. The Morgan fingerprint density at radius 1 is 1.67 bits per heavy atom. The molecule has 0 saturated heterocycles. The van der Waals surface area contributed by atoms with Crippen molar-refractivity contribution in [2.45, 2.75) is 19.8 Å². The van der Waals surface area contributed by atoms with E-state index in [1.807, 2.05) is 0 Å². The Balaban J connectivity index is 2.94. The number of nitrogens with zero attached hydrogens (tertiary/aromatic N) is 1. The maximum atomic E-state index is 4.74. The number of rotatable bonds is 5. The molecule has 0 heterocycles. The fourth-order valence-electron chi connectivity index (χ4n) is 0.330. The van der Waals surface area contributed by atoms with Gasteiger partial charge in [0.2, 0.25) is 0 Å². The number of hydrogen-bond acceptors (Lipinski definition) is 2. The second kappa shape index (κ2) is 7.21. The Kier molecular flexibility index (Phi) is 6.58. The van der Waals surface area contributed by atoms with Crippen molar-refractivity contribution < 1.29 is 4.84 Å². The molecule has 0 aliphatic rings. The van der Waals surface area contributed by atoms with Crippen LogP contribution < -0.4 is 0 Å². The van der Waals surface area contributed by atoms with Gasteiger partial charge in [-0.15, -0.1) is 0 Å². The monoisotopic (exact) mass is 127 g/mol. The minimum Gasteiger partial charge on any atom is -0.392 e. The molecule has 0 atom stereocenters. The maximum absolute atomic E-state index is 4.74. The first-order valence-corrected chi connectivity index (χ1v) is 3.16. The normalized spacial score (nSPS) is 9.89. The van der Waals surface area contributed by atoms with Gasteiger partial charge in [0.15, 0.2) is 0 Å². The van der Waals surface area contributed by atoms with Crippen LogP contribution in [0.15, 0.2) is 17.8 Å². The molecule has 0 radical (unpaired) electrons. The van der Waals surface area contributed by atoms with Gasteiger partial charge in [-0.3, -0.25) is 0 Å². The van der Waals surface area contributed by atoms with Crippen molar-refractivity contribution in [3.8, 4) is 0 Å². The number of unbranched alkanes of at least 4 members (excludes halogenated alkanes) is 1. The lowest BCUT2D eigenvalue weighted by Gasteiger charge is -1.89. The predicted octanol–water partition coefficient (Wildman–Crippen LogP) is 1.97. The van der Waals surface area contributed by atoms with E-state index in [9.17, 15) is 0 Å². The van der Waals surface area contributed by atoms with Crippen LogP contribution in [0.3, 0.4) is 0 Å². The highest BCUT2D eigenvalue weighted by atomic mass is 16.6. The molecule has 2 heteroatoms. The van der Waals surface area contributed by atoms with Crippen LogP contribution in [0.1, 0.15) is 19.8 Å². The molecule has 0 amide bonds. The van der Waals surface area contributed by atoms with Crippen molar-refractivity contribution in [1.29, 1.82) is 0 Å². The first kappa shape index (κ1) is 8.21.